The van der Waals surface area contributed by atoms with Crippen molar-refractivity contribution in [2.75, 3.05) is 0 Å². The standard InChI is InChI=1S/C12H8F2N2O2S/c13-7-3-8(14)5-10(4-7)19(18)9-1-2-11(12(15)17)16-6-9/h1-6H,(H2,15,17). The highest BCUT2D eigenvalue weighted by atomic mass is 32.2. The number of nitrogens with zero attached hydrogens (tertiary/aromatic N) is 1. The highest BCUT2D eigenvalue weighted by Crippen LogP contribution is 2.18. The molecule has 19 heavy (non-hydrogen) atoms. The van der Waals surface area contributed by atoms with Gasteiger partial charge in [-0.1, -0.05) is 0 Å². The Labute approximate surface area is 109 Å². The zero-order valence-electron chi connectivity index (χ0n) is 9.47. The van der Waals surface area contributed by atoms with Crippen molar-refractivity contribution in [3.05, 3.63) is 53.9 Å². The second kappa shape index (κ2) is 5.23. The van der Waals surface area contributed by atoms with E-state index < -0.39 is 28.3 Å². The smallest absolute Gasteiger partial charge is 0.267 e. The number of carbonyl (C=O) groups excluding carboxylic acids is 1. The van der Waals surface area contributed by atoms with E-state index in [2.05, 4.69) is 4.98 Å². The van der Waals surface area contributed by atoms with Crippen LogP contribution >= 0.6 is 0 Å². The van der Waals surface area contributed by atoms with Crippen molar-refractivity contribution >= 4 is 16.7 Å². The summed E-state index contributed by atoms with van der Waals surface area (Å²) in [6, 6.07) is 5.30. The molecule has 1 aromatic carbocycles. The van der Waals surface area contributed by atoms with E-state index in [9.17, 15) is 17.8 Å². The Hall–Kier alpha value is -2.15. The number of pyridine rings is 1. The maximum absolute atomic E-state index is 13.0. The van der Waals surface area contributed by atoms with Gasteiger partial charge < -0.3 is 5.73 Å². The van der Waals surface area contributed by atoms with Crippen molar-refractivity contribution in [3.63, 3.8) is 0 Å². The van der Waals surface area contributed by atoms with Crippen molar-refractivity contribution < 1.29 is 17.8 Å². The molecule has 0 aliphatic heterocycles. The number of hydrogen-bond donors (Lipinski definition) is 1. The van der Waals surface area contributed by atoms with Crippen molar-refractivity contribution in [3.8, 4) is 0 Å². The van der Waals surface area contributed by atoms with Crippen molar-refractivity contribution in [1.82, 2.24) is 4.98 Å². The molecule has 98 valence electrons. The Morgan fingerprint density at radius 3 is 2.21 bits per heavy atom. The van der Waals surface area contributed by atoms with Gasteiger partial charge in [0.1, 0.15) is 17.3 Å². The predicted molar refractivity (Wildman–Crippen MR) is 63.8 cm³/mol. The summed E-state index contributed by atoms with van der Waals surface area (Å²) in [6.45, 7) is 0. The topological polar surface area (TPSA) is 73.1 Å². The SMILES string of the molecule is NC(=O)c1ccc(S(=O)c2cc(F)cc(F)c2)cn1. The molecule has 0 bridgehead atoms. The molecule has 0 aliphatic carbocycles. The number of primary amides is 1. The van der Waals surface area contributed by atoms with Crippen LogP contribution in [0.25, 0.3) is 0 Å². The van der Waals surface area contributed by atoms with Crippen molar-refractivity contribution in [2.45, 2.75) is 9.79 Å². The van der Waals surface area contributed by atoms with Gasteiger partial charge in [0.05, 0.1) is 15.7 Å². The maximum atomic E-state index is 13.0. The molecule has 0 saturated carbocycles. The van der Waals surface area contributed by atoms with Crippen molar-refractivity contribution in [1.29, 1.82) is 0 Å². The largest absolute Gasteiger partial charge is 0.364 e. The minimum Gasteiger partial charge on any atom is -0.364 e. The highest BCUT2D eigenvalue weighted by Gasteiger charge is 2.11. The first-order valence-corrected chi connectivity index (χ1v) is 6.26. The minimum atomic E-state index is -1.78. The van der Waals surface area contributed by atoms with Crippen LogP contribution in [-0.2, 0) is 10.8 Å². The van der Waals surface area contributed by atoms with Crippen LogP contribution in [0.15, 0.2) is 46.3 Å². The lowest BCUT2D eigenvalue weighted by Crippen LogP contribution is -2.12. The lowest BCUT2D eigenvalue weighted by atomic mass is 10.3. The van der Waals surface area contributed by atoms with E-state index in [4.69, 9.17) is 5.73 Å². The summed E-state index contributed by atoms with van der Waals surface area (Å²) in [5.41, 5.74) is 5.03. The molecular formula is C12H8F2N2O2S. The molecule has 0 saturated heterocycles. The molecule has 0 fully saturated rings. The van der Waals surface area contributed by atoms with Crippen LogP contribution in [0.3, 0.4) is 0 Å². The van der Waals surface area contributed by atoms with Crippen LogP contribution < -0.4 is 5.73 Å². The zero-order valence-corrected chi connectivity index (χ0v) is 10.3. The Balaban J connectivity index is 2.35. The molecule has 1 aromatic heterocycles. The van der Waals surface area contributed by atoms with E-state index >= 15 is 0 Å². The van der Waals surface area contributed by atoms with Gasteiger partial charge in [-0.2, -0.15) is 0 Å². The molecule has 2 aromatic rings. The van der Waals surface area contributed by atoms with Crippen LogP contribution in [0, 0.1) is 11.6 Å². The fraction of sp³-hybridized carbons (Fsp3) is 0. The summed E-state index contributed by atoms with van der Waals surface area (Å²) in [5.74, 6) is -2.34. The summed E-state index contributed by atoms with van der Waals surface area (Å²) in [6.07, 6.45) is 1.18. The quantitative estimate of drug-likeness (QED) is 0.929. The van der Waals surface area contributed by atoms with Gasteiger partial charge in [-0.25, -0.2) is 18.0 Å². The van der Waals surface area contributed by atoms with Crippen LogP contribution in [0.2, 0.25) is 0 Å². The van der Waals surface area contributed by atoms with Gasteiger partial charge in [0.2, 0.25) is 0 Å². The molecule has 0 spiro atoms. The second-order valence-corrected chi connectivity index (χ2v) is 5.10. The average Bonchev–Trinajstić information content (AvgIpc) is 2.37. The van der Waals surface area contributed by atoms with Gasteiger partial charge >= 0.3 is 0 Å². The Morgan fingerprint density at radius 2 is 1.74 bits per heavy atom. The molecule has 1 amide bonds. The van der Waals surface area contributed by atoms with Gasteiger partial charge in [-0.05, 0) is 24.3 Å². The molecule has 0 radical (unpaired) electrons. The van der Waals surface area contributed by atoms with Gasteiger partial charge in [0, 0.05) is 17.2 Å². The third kappa shape index (κ3) is 3.00. The predicted octanol–water partition coefficient (Wildman–Crippen LogP) is 1.63. The molecule has 7 heteroatoms. The first-order chi connectivity index (χ1) is 8.97. The van der Waals surface area contributed by atoms with E-state index in [1.54, 1.807) is 0 Å². The number of hydrogen-bond acceptors (Lipinski definition) is 3. The highest BCUT2D eigenvalue weighted by molar-refractivity contribution is 7.85. The van der Waals surface area contributed by atoms with Gasteiger partial charge in [-0.15, -0.1) is 0 Å². The fourth-order valence-corrected chi connectivity index (χ4v) is 2.46. The second-order valence-electron chi connectivity index (χ2n) is 3.62. The van der Waals surface area contributed by atoms with E-state index in [0.29, 0.717) is 6.07 Å². The van der Waals surface area contributed by atoms with Crippen LogP contribution in [-0.4, -0.2) is 15.1 Å². The molecule has 0 aliphatic rings. The van der Waals surface area contributed by atoms with E-state index in [0.717, 1.165) is 12.1 Å². The Morgan fingerprint density at radius 1 is 1.11 bits per heavy atom. The van der Waals surface area contributed by atoms with Crippen molar-refractivity contribution in [2.24, 2.45) is 5.73 Å². The molecule has 2 rings (SSSR count). The van der Waals surface area contributed by atoms with Gasteiger partial charge in [0.15, 0.2) is 0 Å². The maximum Gasteiger partial charge on any atom is 0.267 e. The van der Waals surface area contributed by atoms with Crippen LogP contribution in [0.1, 0.15) is 10.5 Å². The number of rotatable bonds is 3. The third-order valence-corrected chi connectivity index (χ3v) is 3.59. The average molecular weight is 282 g/mol. The van der Waals surface area contributed by atoms with E-state index in [1.807, 2.05) is 0 Å². The molecule has 1 unspecified atom stereocenters. The molecule has 1 atom stereocenters. The number of halogens is 2. The van der Waals surface area contributed by atoms with Gasteiger partial charge in [-0.3, -0.25) is 4.79 Å². The first kappa shape index (κ1) is 13.3. The molecule has 4 nitrogen and oxygen atoms in total. The molecule has 2 N–H and O–H groups in total. The lowest BCUT2D eigenvalue weighted by molar-refractivity contribution is 0.0995. The van der Waals surface area contributed by atoms with E-state index in [-0.39, 0.29) is 15.5 Å². The summed E-state index contributed by atoms with van der Waals surface area (Å²) >= 11 is 0. The number of nitrogens with two attached hydrogens (primary N) is 1. The molecular weight excluding hydrogens is 274 g/mol. The number of carbonyl (C=O) groups is 1. The fourth-order valence-electron chi connectivity index (χ4n) is 1.41. The van der Waals surface area contributed by atoms with Gasteiger partial charge in [0.25, 0.3) is 5.91 Å². The van der Waals surface area contributed by atoms with Crippen LogP contribution in [0.4, 0.5) is 8.78 Å². The Bertz CT molecular complexity index is 639. The summed E-state index contributed by atoms with van der Waals surface area (Å²) in [4.78, 5) is 14.7. The van der Waals surface area contributed by atoms with E-state index in [1.165, 1.54) is 18.3 Å². The monoisotopic (exact) mass is 282 g/mol. The third-order valence-electron chi connectivity index (χ3n) is 2.25. The first-order valence-electron chi connectivity index (χ1n) is 5.11. The molecule has 1 heterocycles. The minimum absolute atomic E-state index is 0.0196. The summed E-state index contributed by atoms with van der Waals surface area (Å²) in [7, 11) is -1.78. The number of benzene rings is 1. The lowest BCUT2D eigenvalue weighted by Gasteiger charge is -2.03. The Kier molecular flexibility index (Phi) is 3.66. The normalized spacial score (nSPS) is 12.1. The summed E-state index contributed by atoms with van der Waals surface area (Å²) < 4.78 is 38.1. The van der Waals surface area contributed by atoms with Crippen LogP contribution in [0.5, 0.6) is 0 Å². The number of aromatic nitrogens is 1. The zero-order chi connectivity index (χ0) is 14.0. The number of amides is 1. The summed E-state index contributed by atoms with van der Waals surface area (Å²) in [5, 5.41) is 0.